The highest BCUT2D eigenvalue weighted by Crippen LogP contribution is 2.35. The van der Waals surface area contributed by atoms with Crippen molar-refractivity contribution in [1.29, 1.82) is 0 Å². The lowest BCUT2D eigenvalue weighted by atomic mass is 9.78. The van der Waals surface area contributed by atoms with Crippen LogP contribution in [-0.4, -0.2) is 6.61 Å². The highest BCUT2D eigenvalue weighted by Gasteiger charge is 2.21. The minimum absolute atomic E-state index is 0.225. The maximum atomic E-state index is 15.3. The van der Waals surface area contributed by atoms with Gasteiger partial charge in [-0.2, -0.15) is 8.78 Å². The van der Waals surface area contributed by atoms with E-state index in [4.69, 9.17) is 0 Å². The summed E-state index contributed by atoms with van der Waals surface area (Å²) >= 11 is 0. The molecular formula is C29H32F4O. The van der Waals surface area contributed by atoms with Gasteiger partial charge in [0, 0.05) is 10.9 Å². The number of hydrogen-bond donors (Lipinski definition) is 0. The van der Waals surface area contributed by atoms with Gasteiger partial charge in [-0.3, -0.25) is 0 Å². The molecule has 0 heterocycles. The van der Waals surface area contributed by atoms with Crippen molar-refractivity contribution in [2.24, 2.45) is 11.8 Å². The SMILES string of the molecule is CCCC[C@H]1CC[C@H](CCc2ccc3c(F)c(-c4ccc(OC(F)F)c(F)c4)ccc3c2)CC1. The fourth-order valence-corrected chi connectivity index (χ4v) is 5.25. The summed E-state index contributed by atoms with van der Waals surface area (Å²) in [5.74, 6) is -0.266. The topological polar surface area (TPSA) is 9.23 Å². The number of benzene rings is 3. The predicted molar refractivity (Wildman–Crippen MR) is 129 cm³/mol. The Balaban J connectivity index is 1.43. The van der Waals surface area contributed by atoms with E-state index >= 15 is 4.39 Å². The molecule has 0 aliphatic heterocycles. The van der Waals surface area contributed by atoms with E-state index in [2.05, 4.69) is 11.7 Å². The van der Waals surface area contributed by atoms with Crippen LogP contribution in [0.15, 0.2) is 48.5 Å². The van der Waals surface area contributed by atoms with Crippen molar-refractivity contribution in [3.8, 4) is 16.9 Å². The maximum absolute atomic E-state index is 15.3. The zero-order valence-electron chi connectivity index (χ0n) is 19.6. The quantitative estimate of drug-likeness (QED) is 0.282. The van der Waals surface area contributed by atoms with Crippen LogP contribution in [0.4, 0.5) is 17.6 Å². The zero-order chi connectivity index (χ0) is 24.1. The second-order valence-corrected chi connectivity index (χ2v) is 9.57. The van der Waals surface area contributed by atoms with Crippen molar-refractivity contribution in [1.82, 2.24) is 0 Å². The van der Waals surface area contributed by atoms with Gasteiger partial charge in [0.1, 0.15) is 5.82 Å². The largest absolute Gasteiger partial charge is 0.432 e. The number of ether oxygens (including phenoxy) is 1. The van der Waals surface area contributed by atoms with Crippen molar-refractivity contribution in [2.45, 2.75) is 71.3 Å². The van der Waals surface area contributed by atoms with Crippen LogP contribution in [0.3, 0.4) is 0 Å². The summed E-state index contributed by atoms with van der Waals surface area (Å²) in [5, 5.41) is 1.27. The number of fused-ring (bicyclic) bond motifs is 1. The Bertz CT molecular complexity index is 1100. The van der Waals surface area contributed by atoms with Crippen LogP contribution in [0.5, 0.6) is 5.75 Å². The van der Waals surface area contributed by atoms with Crippen LogP contribution >= 0.6 is 0 Å². The third-order valence-corrected chi connectivity index (χ3v) is 7.25. The molecule has 0 aromatic heterocycles. The van der Waals surface area contributed by atoms with Crippen molar-refractivity contribution >= 4 is 10.8 Å². The molecule has 5 heteroatoms. The molecule has 0 atom stereocenters. The van der Waals surface area contributed by atoms with Crippen LogP contribution in [0.1, 0.15) is 63.9 Å². The molecule has 0 saturated heterocycles. The molecule has 0 amide bonds. The van der Waals surface area contributed by atoms with Crippen LogP contribution in [-0.2, 0) is 6.42 Å². The molecule has 0 spiro atoms. The number of aryl methyl sites for hydroxylation is 1. The van der Waals surface area contributed by atoms with Gasteiger partial charge in [-0.1, -0.05) is 88.3 Å². The Morgan fingerprint density at radius 1 is 0.882 bits per heavy atom. The van der Waals surface area contributed by atoms with Crippen molar-refractivity contribution < 1.29 is 22.3 Å². The number of alkyl halides is 2. The number of hydrogen-bond acceptors (Lipinski definition) is 1. The molecule has 0 bridgehead atoms. The molecule has 1 fully saturated rings. The Hall–Kier alpha value is -2.56. The summed E-state index contributed by atoms with van der Waals surface area (Å²) in [6.07, 6.45) is 11.5. The van der Waals surface area contributed by atoms with Gasteiger partial charge in [0.2, 0.25) is 0 Å². The summed E-state index contributed by atoms with van der Waals surface area (Å²) in [5.41, 5.74) is 1.70. The van der Waals surface area contributed by atoms with Crippen LogP contribution < -0.4 is 4.74 Å². The average molecular weight is 473 g/mol. The molecule has 34 heavy (non-hydrogen) atoms. The highest BCUT2D eigenvalue weighted by molar-refractivity contribution is 5.88. The third-order valence-electron chi connectivity index (χ3n) is 7.25. The Morgan fingerprint density at radius 3 is 2.29 bits per heavy atom. The molecule has 0 unspecified atom stereocenters. The molecule has 1 saturated carbocycles. The van der Waals surface area contributed by atoms with Gasteiger partial charge in [0.15, 0.2) is 11.6 Å². The lowest BCUT2D eigenvalue weighted by Crippen LogP contribution is -2.15. The van der Waals surface area contributed by atoms with E-state index in [0.29, 0.717) is 5.39 Å². The summed E-state index contributed by atoms with van der Waals surface area (Å²) in [6, 6.07) is 12.7. The van der Waals surface area contributed by atoms with Crippen LogP contribution in [0, 0.1) is 23.5 Å². The second-order valence-electron chi connectivity index (χ2n) is 9.57. The van der Waals surface area contributed by atoms with Crippen molar-refractivity contribution in [2.75, 3.05) is 0 Å². The van der Waals surface area contributed by atoms with E-state index in [0.717, 1.165) is 35.8 Å². The van der Waals surface area contributed by atoms with E-state index in [1.54, 1.807) is 12.1 Å². The molecule has 3 aromatic rings. The third kappa shape index (κ3) is 5.92. The Morgan fingerprint density at radius 2 is 1.62 bits per heavy atom. The van der Waals surface area contributed by atoms with E-state index in [-0.39, 0.29) is 11.1 Å². The number of rotatable bonds is 9. The molecular weight excluding hydrogens is 440 g/mol. The molecule has 1 aliphatic carbocycles. The van der Waals surface area contributed by atoms with Gasteiger partial charge in [0.05, 0.1) is 0 Å². The minimum Gasteiger partial charge on any atom is -0.432 e. The van der Waals surface area contributed by atoms with E-state index in [9.17, 15) is 13.2 Å². The van der Waals surface area contributed by atoms with Gasteiger partial charge in [-0.05, 0) is 53.3 Å². The van der Waals surface area contributed by atoms with Crippen molar-refractivity contribution in [3.63, 3.8) is 0 Å². The minimum atomic E-state index is -3.12. The molecule has 4 rings (SSSR count). The van der Waals surface area contributed by atoms with Gasteiger partial charge in [-0.15, -0.1) is 0 Å². The van der Waals surface area contributed by atoms with Crippen LogP contribution in [0.2, 0.25) is 0 Å². The smallest absolute Gasteiger partial charge is 0.387 e. The second kappa shape index (κ2) is 11.2. The van der Waals surface area contributed by atoms with E-state index in [1.165, 1.54) is 63.0 Å². The highest BCUT2D eigenvalue weighted by atomic mass is 19.3. The number of unbranched alkanes of at least 4 members (excludes halogenated alkanes) is 1. The van der Waals surface area contributed by atoms with Crippen molar-refractivity contribution in [3.05, 3.63) is 65.7 Å². The van der Waals surface area contributed by atoms with Gasteiger partial charge in [0.25, 0.3) is 0 Å². The molecule has 0 N–H and O–H groups in total. The Kier molecular flexibility index (Phi) is 8.12. The molecule has 3 aromatic carbocycles. The first kappa shape index (κ1) is 24.6. The number of halogens is 4. The zero-order valence-corrected chi connectivity index (χ0v) is 19.6. The first-order valence-electron chi connectivity index (χ1n) is 12.4. The molecule has 0 radical (unpaired) electrons. The first-order chi connectivity index (χ1) is 16.4. The summed E-state index contributed by atoms with van der Waals surface area (Å²) in [6.45, 7) is -0.861. The lowest BCUT2D eigenvalue weighted by molar-refractivity contribution is -0.0521. The molecule has 182 valence electrons. The van der Waals surface area contributed by atoms with Gasteiger partial charge >= 0.3 is 6.61 Å². The Labute approximate surface area is 199 Å². The average Bonchev–Trinajstić information content (AvgIpc) is 2.83. The summed E-state index contributed by atoms with van der Waals surface area (Å²) in [7, 11) is 0. The van der Waals surface area contributed by atoms with Gasteiger partial charge < -0.3 is 4.74 Å². The van der Waals surface area contributed by atoms with Gasteiger partial charge in [-0.25, -0.2) is 8.78 Å². The molecule has 1 nitrogen and oxygen atoms in total. The van der Waals surface area contributed by atoms with E-state index in [1.807, 2.05) is 18.2 Å². The fraction of sp³-hybridized carbons (Fsp3) is 0.448. The maximum Gasteiger partial charge on any atom is 0.387 e. The molecule has 1 aliphatic rings. The first-order valence-corrected chi connectivity index (χ1v) is 12.4. The predicted octanol–water partition coefficient (Wildman–Crippen LogP) is 9.32. The lowest BCUT2D eigenvalue weighted by Gasteiger charge is -2.28. The summed E-state index contributed by atoms with van der Waals surface area (Å²) < 4.78 is 58.2. The normalized spacial score (nSPS) is 18.5. The van der Waals surface area contributed by atoms with E-state index < -0.39 is 24.0 Å². The standard InChI is InChI=1S/C29H32F4O/c1-2-3-4-19-5-7-20(8-6-19)9-10-21-11-14-24-22(17-21)12-15-25(28(24)31)23-13-16-27(26(30)18-23)34-29(32)33/h11-20,29H,2-10H2,1H3/t19-,20-. The fourth-order valence-electron chi connectivity index (χ4n) is 5.25. The van der Waals surface area contributed by atoms with Crippen LogP contribution in [0.25, 0.3) is 21.9 Å². The monoisotopic (exact) mass is 472 g/mol. The summed E-state index contributed by atoms with van der Waals surface area (Å²) in [4.78, 5) is 0.